The molecule has 1 unspecified atom stereocenters. The summed E-state index contributed by atoms with van der Waals surface area (Å²) in [5, 5.41) is 11.4. The van der Waals surface area contributed by atoms with Crippen molar-refractivity contribution in [1.82, 2.24) is 4.90 Å². The average molecular weight is 495 g/mol. The van der Waals surface area contributed by atoms with Crippen LogP contribution in [0.25, 0.3) is 0 Å². The van der Waals surface area contributed by atoms with Gasteiger partial charge < -0.3 is 10.6 Å². The van der Waals surface area contributed by atoms with Crippen LogP contribution < -0.4 is 10.5 Å². The second kappa shape index (κ2) is 9.36. The number of sulfonamides is 1. The number of nitrogens with two attached hydrogens (primary N) is 1. The quantitative estimate of drug-likeness (QED) is 0.465. The number of carbonyl (C=O) groups is 2. The van der Waals surface area contributed by atoms with Gasteiger partial charge in [-0.2, -0.15) is 0 Å². The zero-order chi connectivity index (χ0) is 24.5. The van der Waals surface area contributed by atoms with Crippen LogP contribution in [0.2, 0.25) is 5.02 Å². The third kappa shape index (κ3) is 5.25. The largest absolute Gasteiger partial charge is 0.369 e. The number of nitro benzene ring substituents is 1. The minimum atomic E-state index is -4.29. The Morgan fingerprint density at radius 3 is 2.58 bits per heavy atom. The van der Waals surface area contributed by atoms with Crippen LogP contribution >= 0.6 is 11.6 Å². The molecule has 12 heteroatoms. The summed E-state index contributed by atoms with van der Waals surface area (Å²) in [6.45, 7) is 3.61. The van der Waals surface area contributed by atoms with E-state index >= 15 is 0 Å². The molecule has 0 aromatic heterocycles. The minimum Gasteiger partial charge on any atom is -0.369 e. The number of anilines is 1. The van der Waals surface area contributed by atoms with Crippen molar-refractivity contribution < 1.29 is 22.9 Å². The zero-order valence-electron chi connectivity index (χ0n) is 18.0. The van der Waals surface area contributed by atoms with Crippen molar-refractivity contribution in [1.29, 1.82) is 0 Å². The summed E-state index contributed by atoms with van der Waals surface area (Å²) >= 11 is 6.07. The molecule has 2 aromatic carbocycles. The van der Waals surface area contributed by atoms with Crippen LogP contribution in [-0.4, -0.2) is 43.1 Å². The van der Waals surface area contributed by atoms with Crippen molar-refractivity contribution >= 4 is 44.8 Å². The molecular formula is C21H23ClN4O6S. The molecule has 1 heterocycles. The highest BCUT2D eigenvalue weighted by Crippen LogP contribution is 2.30. The summed E-state index contributed by atoms with van der Waals surface area (Å²) in [5.41, 5.74) is 5.77. The molecule has 3 N–H and O–H groups in total. The average Bonchev–Trinajstić information content (AvgIpc) is 2.75. The number of halogens is 1. The number of rotatable bonds is 6. The molecule has 1 saturated heterocycles. The maximum atomic E-state index is 13.2. The number of nitrogens with zero attached hydrogens (tertiary/aromatic N) is 2. The van der Waals surface area contributed by atoms with E-state index in [1.54, 1.807) is 13.8 Å². The topological polar surface area (TPSA) is 153 Å². The van der Waals surface area contributed by atoms with Gasteiger partial charge in [-0.05, 0) is 56.0 Å². The van der Waals surface area contributed by atoms with Crippen LogP contribution in [0, 0.1) is 29.9 Å². The van der Waals surface area contributed by atoms with Crippen molar-refractivity contribution in [2.45, 2.75) is 31.6 Å². The number of amides is 2. The van der Waals surface area contributed by atoms with Crippen molar-refractivity contribution in [3.05, 3.63) is 62.2 Å². The second-order valence-electron chi connectivity index (χ2n) is 7.93. The molecule has 0 aliphatic carbocycles. The van der Waals surface area contributed by atoms with Gasteiger partial charge in [-0.25, -0.2) is 8.42 Å². The van der Waals surface area contributed by atoms with Gasteiger partial charge in [-0.1, -0.05) is 11.6 Å². The number of nitro groups is 1. The monoisotopic (exact) mass is 494 g/mol. The fourth-order valence-electron chi connectivity index (χ4n) is 3.74. The number of piperidine rings is 1. The summed E-state index contributed by atoms with van der Waals surface area (Å²) in [6.07, 6.45) is 1.15. The lowest BCUT2D eigenvalue weighted by atomic mass is 9.96. The highest BCUT2D eigenvalue weighted by atomic mass is 35.5. The molecule has 3 rings (SSSR count). The van der Waals surface area contributed by atoms with E-state index in [0.29, 0.717) is 30.5 Å². The van der Waals surface area contributed by atoms with Gasteiger partial charge in [0.15, 0.2) is 0 Å². The van der Waals surface area contributed by atoms with Crippen LogP contribution in [0.5, 0.6) is 0 Å². The summed E-state index contributed by atoms with van der Waals surface area (Å²) in [7, 11) is -4.29. The van der Waals surface area contributed by atoms with Gasteiger partial charge in [0.2, 0.25) is 5.91 Å². The van der Waals surface area contributed by atoms with Gasteiger partial charge >= 0.3 is 0 Å². The number of benzene rings is 2. The number of hydrogen-bond donors (Lipinski definition) is 2. The van der Waals surface area contributed by atoms with Crippen LogP contribution in [-0.2, 0) is 14.8 Å². The van der Waals surface area contributed by atoms with E-state index in [4.69, 9.17) is 17.3 Å². The van der Waals surface area contributed by atoms with Crippen LogP contribution in [0.3, 0.4) is 0 Å². The van der Waals surface area contributed by atoms with E-state index in [2.05, 4.69) is 4.72 Å². The highest BCUT2D eigenvalue weighted by molar-refractivity contribution is 7.92. The third-order valence-electron chi connectivity index (χ3n) is 5.67. The van der Waals surface area contributed by atoms with E-state index in [1.807, 2.05) is 0 Å². The van der Waals surface area contributed by atoms with Gasteiger partial charge in [0.1, 0.15) is 0 Å². The van der Waals surface area contributed by atoms with Crippen LogP contribution in [0.15, 0.2) is 35.2 Å². The molecule has 1 aliphatic heterocycles. The lowest BCUT2D eigenvalue weighted by Crippen LogP contribution is -2.44. The molecule has 2 aromatic rings. The Morgan fingerprint density at radius 2 is 1.94 bits per heavy atom. The molecule has 1 aliphatic rings. The standard InChI is InChI=1S/C21H23ClN4O6S/c1-12-8-16(26(29)30)10-19(13(12)2)33(31,32)24-18-6-5-15(22)9-17(18)21(28)25-7-3-4-14(11-25)20(23)27/h5-6,8-10,14,24H,3-4,7,11H2,1-2H3,(H2,23,27). The van der Waals surface area contributed by atoms with Crippen molar-refractivity contribution in [2.24, 2.45) is 11.7 Å². The first-order valence-corrected chi connectivity index (χ1v) is 11.9. The van der Waals surface area contributed by atoms with E-state index in [1.165, 1.54) is 29.2 Å². The summed E-state index contributed by atoms with van der Waals surface area (Å²) in [6, 6.07) is 6.37. The summed E-state index contributed by atoms with van der Waals surface area (Å²) in [4.78, 5) is 36.5. The number of hydrogen-bond acceptors (Lipinski definition) is 6. The Hall–Kier alpha value is -3.18. The molecule has 0 radical (unpaired) electrons. The molecule has 0 bridgehead atoms. The smallest absolute Gasteiger partial charge is 0.271 e. The van der Waals surface area contributed by atoms with Crippen LogP contribution in [0.4, 0.5) is 11.4 Å². The number of likely N-dealkylation sites (tertiary alicyclic amines) is 1. The van der Waals surface area contributed by atoms with E-state index in [0.717, 1.165) is 6.07 Å². The van der Waals surface area contributed by atoms with Gasteiger partial charge in [0.25, 0.3) is 21.6 Å². The van der Waals surface area contributed by atoms with Crippen molar-refractivity contribution in [3.63, 3.8) is 0 Å². The summed E-state index contributed by atoms with van der Waals surface area (Å²) < 4.78 is 28.7. The molecule has 0 spiro atoms. The first-order valence-electron chi connectivity index (χ1n) is 10.1. The molecule has 2 amide bonds. The van der Waals surface area contributed by atoms with Gasteiger partial charge in [-0.3, -0.25) is 24.4 Å². The number of non-ortho nitro benzene ring substituents is 1. The Bertz CT molecular complexity index is 1250. The lowest BCUT2D eigenvalue weighted by Gasteiger charge is -2.31. The highest BCUT2D eigenvalue weighted by Gasteiger charge is 2.30. The molecule has 10 nitrogen and oxygen atoms in total. The van der Waals surface area contributed by atoms with E-state index < -0.39 is 32.7 Å². The maximum Gasteiger partial charge on any atom is 0.271 e. The lowest BCUT2D eigenvalue weighted by molar-refractivity contribution is -0.385. The molecule has 0 saturated carbocycles. The maximum absolute atomic E-state index is 13.2. The first-order chi connectivity index (χ1) is 15.4. The second-order valence-corrected chi connectivity index (χ2v) is 10.0. The fourth-order valence-corrected chi connectivity index (χ4v) is 5.33. The predicted molar refractivity (Wildman–Crippen MR) is 123 cm³/mol. The van der Waals surface area contributed by atoms with Gasteiger partial charge in [-0.15, -0.1) is 0 Å². The van der Waals surface area contributed by atoms with Crippen molar-refractivity contribution in [3.8, 4) is 0 Å². The molecule has 1 fully saturated rings. The SMILES string of the molecule is Cc1cc([N+](=O)[O-])cc(S(=O)(=O)Nc2ccc(Cl)cc2C(=O)N2CCCC(C(N)=O)C2)c1C. The third-order valence-corrected chi connectivity index (χ3v) is 7.40. The minimum absolute atomic E-state index is 0.00370. The normalized spacial score (nSPS) is 16.3. The Balaban J connectivity index is 2.00. The number of primary amides is 1. The number of nitrogens with one attached hydrogen (secondary N) is 1. The Morgan fingerprint density at radius 1 is 1.24 bits per heavy atom. The predicted octanol–water partition coefficient (Wildman–Crippen LogP) is 3.00. The molecule has 176 valence electrons. The first kappa shape index (κ1) is 24.5. The summed E-state index contributed by atoms with van der Waals surface area (Å²) in [5.74, 6) is -1.50. The molecule has 1 atom stereocenters. The number of carbonyl (C=O) groups excluding carboxylic acids is 2. The van der Waals surface area contributed by atoms with Crippen molar-refractivity contribution in [2.75, 3.05) is 17.8 Å². The van der Waals surface area contributed by atoms with Gasteiger partial charge in [0, 0.05) is 30.2 Å². The Kier molecular flexibility index (Phi) is 6.94. The number of aryl methyl sites for hydroxylation is 1. The Labute approximate surface area is 195 Å². The molecular weight excluding hydrogens is 472 g/mol. The molecule has 33 heavy (non-hydrogen) atoms. The zero-order valence-corrected chi connectivity index (χ0v) is 19.6. The van der Waals surface area contributed by atoms with Gasteiger partial charge in [0.05, 0.1) is 27.0 Å². The fraction of sp³-hybridized carbons (Fsp3) is 0.333. The van der Waals surface area contributed by atoms with E-state index in [9.17, 15) is 28.1 Å². The van der Waals surface area contributed by atoms with Crippen LogP contribution in [0.1, 0.15) is 34.3 Å². The van der Waals surface area contributed by atoms with E-state index in [-0.39, 0.29) is 33.4 Å².